The van der Waals surface area contributed by atoms with E-state index in [0.717, 1.165) is 42.9 Å². The average molecular weight is 346 g/mol. The Balaban J connectivity index is 1.78. The minimum atomic E-state index is -0.0297. The second-order valence-corrected chi connectivity index (χ2v) is 6.87. The van der Waals surface area contributed by atoms with Gasteiger partial charge < -0.3 is 4.90 Å². The molecule has 0 unspecified atom stereocenters. The van der Waals surface area contributed by atoms with Gasteiger partial charge in [0.15, 0.2) is 5.69 Å². The normalized spacial score (nSPS) is 15.2. The van der Waals surface area contributed by atoms with Crippen LogP contribution in [0.25, 0.3) is 16.9 Å². The highest BCUT2D eigenvalue weighted by molar-refractivity contribution is 5.98. The summed E-state index contributed by atoms with van der Waals surface area (Å²) in [5.41, 5.74) is 3.01. The van der Waals surface area contributed by atoms with Gasteiger partial charge >= 0.3 is 0 Å². The van der Waals surface area contributed by atoms with Crippen LogP contribution in [0.2, 0.25) is 0 Å². The van der Waals surface area contributed by atoms with Crippen molar-refractivity contribution >= 4 is 5.91 Å². The third-order valence-electron chi connectivity index (χ3n) is 4.99. The number of para-hydroxylation sites is 1. The molecule has 1 aliphatic rings. The first kappa shape index (κ1) is 16.5. The van der Waals surface area contributed by atoms with Crippen LogP contribution in [0.1, 0.15) is 30.3 Å². The van der Waals surface area contributed by atoms with Crippen LogP contribution in [0.4, 0.5) is 0 Å². The van der Waals surface area contributed by atoms with Crippen molar-refractivity contribution in [3.63, 3.8) is 0 Å². The van der Waals surface area contributed by atoms with Crippen molar-refractivity contribution in [3.05, 3.63) is 66.4 Å². The van der Waals surface area contributed by atoms with E-state index in [1.807, 2.05) is 65.6 Å². The molecule has 0 bridgehead atoms. The molecule has 3 aromatic rings. The summed E-state index contributed by atoms with van der Waals surface area (Å²) in [7, 11) is 0. The van der Waals surface area contributed by atoms with E-state index in [2.05, 4.69) is 17.2 Å². The fraction of sp³-hybridized carbons (Fsp3) is 0.286. The Morgan fingerprint density at radius 2 is 1.58 bits per heavy atom. The zero-order chi connectivity index (χ0) is 17.9. The van der Waals surface area contributed by atoms with E-state index in [1.165, 1.54) is 0 Å². The van der Waals surface area contributed by atoms with Gasteiger partial charge in [0.05, 0.1) is 5.69 Å². The van der Waals surface area contributed by atoms with E-state index >= 15 is 0 Å². The van der Waals surface area contributed by atoms with E-state index in [-0.39, 0.29) is 5.91 Å². The Morgan fingerprint density at radius 1 is 0.962 bits per heavy atom. The number of piperidine rings is 1. The molecule has 26 heavy (non-hydrogen) atoms. The molecular formula is C21H22N4O. The molecule has 0 saturated carbocycles. The van der Waals surface area contributed by atoms with Gasteiger partial charge in [-0.2, -0.15) is 0 Å². The molecule has 0 radical (unpaired) electrons. The first-order valence-electron chi connectivity index (χ1n) is 9.10. The highest BCUT2D eigenvalue weighted by Gasteiger charge is 2.28. The number of hydrogen-bond donors (Lipinski definition) is 0. The Kier molecular flexibility index (Phi) is 4.52. The predicted molar refractivity (Wildman–Crippen MR) is 101 cm³/mol. The summed E-state index contributed by atoms with van der Waals surface area (Å²) < 4.78 is 1.76. The summed E-state index contributed by atoms with van der Waals surface area (Å²) in [4.78, 5) is 15.1. The van der Waals surface area contributed by atoms with Crippen LogP contribution in [0.3, 0.4) is 0 Å². The SMILES string of the molecule is CC1CCN(C(=O)c2nnn(-c3ccccc3)c2-c2ccccc2)CC1. The number of rotatable bonds is 3. The lowest BCUT2D eigenvalue weighted by molar-refractivity contribution is 0.0692. The Morgan fingerprint density at radius 3 is 2.23 bits per heavy atom. The van der Waals surface area contributed by atoms with Gasteiger partial charge in [-0.15, -0.1) is 5.10 Å². The molecule has 4 rings (SSSR count). The summed E-state index contributed by atoms with van der Waals surface area (Å²) in [6.45, 7) is 3.81. The second kappa shape index (κ2) is 7.12. The Hall–Kier alpha value is -2.95. The van der Waals surface area contributed by atoms with Crippen molar-refractivity contribution in [2.24, 2.45) is 5.92 Å². The van der Waals surface area contributed by atoms with Crippen molar-refractivity contribution in [1.82, 2.24) is 19.9 Å². The lowest BCUT2D eigenvalue weighted by Gasteiger charge is -2.29. The lowest BCUT2D eigenvalue weighted by Crippen LogP contribution is -2.38. The van der Waals surface area contributed by atoms with E-state index < -0.39 is 0 Å². The fourth-order valence-corrected chi connectivity index (χ4v) is 3.39. The van der Waals surface area contributed by atoms with Gasteiger partial charge in [0, 0.05) is 18.7 Å². The highest BCUT2D eigenvalue weighted by Crippen LogP contribution is 2.27. The van der Waals surface area contributed by atoms with E-state index in [9.17, 15) is 4.79 Å². The number of likely N-dealkylation sites (tertiary alicyclic amines) is 1. The smallest absolute Gasteiger partial charge is 0.276 e. The van der Waals surface area contributed by atoms with Crippen LogP contribution in [0.15, 0.2) is 60.7 Å². The van der Waals surface area contributed by atoms with Crippen LogP contribution >= 0.6 is 0 Å². The molecule has 5 heteroatoms. The summed E-state index contributed by atoms with van der Waals surface area (Å²) in [5, 5.41) is 8.60. The average Bonchev–Trinajstić information content (AvgIpc) is 3.14. The Labute approximate surface area is 153 Å². The van der Waals surface area contributed by atoms with Gasteiger partial charge in [-0.25, -0.2) is 4.68 Å². The molecule has 0 N–H and O–H groups in total. The summed E-state index contributed by atoms with van der Waals surface area (Å²) in [6.07, 6.45) is 2.08. The number of nitrogens with zero attached hydrogens (tertiary/aromatic N) is 4. The molecule has 1 aromatic heterocycles. The monoisotopic (exact) mass is 346 g/mol. The molecule has 5 nitrogen and oxygen atoms in total. The molecule has 0 atom stereocenters. The maximum atomic E-state index is 13.2. The molecule has 1 aliphatic heterocycles. The standard InChI is InChI=1S/C21H22N4O/c1-16-12-14-24(15-13-16)21(26)19-20(17-8-4-2-5-9-17)25(23-22-19)18-10-6-3-7-11-18/h2-11,16H,12-15H2,1H3. The third kappa shape index (κ3) is 3.12. The summed E-state index contributed by atoms with van der Waals surface area (Å²) in [6, 6.07) is 19.7. The zero-order valence-corrected chi connectivity index (χ0v) is 14.9. The van der Waals surface area contributed by atoms with Crippen LogP contribution in [0.5, 0.6) is 0 Å². The van der Waals surface area contributed by atoms with Gasteiger partial charge in [0.1, 0.15) is 5.69 Å². The van der Waals surface area contributed by atoms with Gasteiger partial charge in [0.2, 0.25) is 0 Å². The fourth-order valence-electron chi connectivity index (χ4n) is 3.39. The van der Waals surface area contributed by atoms with Crippen LogP contribution in [-0.2, 0) is 0 Å². The van der Waals surface area contributed by atoms with Crippen molar-refractivity contribution in [2.45, 2.75) is 19.8 Å². The van der Waals surface area contributed by atoms with E-state index in [0.29, 0.717) is 11.6 Å². The molecular weight excluding hydrogens is 324 g/mol. The van der Waals surface area contributed by atoms with Crippen molar-refractivity contribution in [1.29, 1.82) is 0 Å². The van der Waals surface area contributed by atoms with Gasteiger partial charge in [-0.1, -0.05) is 60.7 Å². The topological polar surface area (TPSA) is 51.0 Å². The number of aromatic nitrogens is 3. The molecule has 1 saturated heterocycles. The van der Waals surface area contributed by atoms with Crippen LogP contribution in [-0.4, -0.2) is 38.9 Å². The molecule has 2 heterocycles. The first-order chi connectivity index (χ1) is 12.7. The summed E-state index contributed by atoms with van der Waals surface area (Å²) >= 11 is 0. The van der Waals surface area contributed by atoms with Crippen molar-refractivity contribution in [2.75, 3.05) is 13.1 Å². The summed E-state index contributed by atoms with van der Waals surface area (Å²) in [5.74, 6) is 0.644. The molecule has 2 aromatic carbocycles. The molecule has 0 spiro atoms. The Bertz CT molecular complexity index is 881. The van der Waals surface area contributed by atoms with E-state index in [4.69, 9.17) is 0 Å². The number of carbonyl (C=O) groups excluding carboxylic acids is 1. The highest BCUT2D eigenvalue weighted by atomic mass is 16.2. The largest absolute Gasteiger partial charge is 0.337 e. The molecule has 132 valence electrons. The van der Waals surface area contributed by atoms with Crippen LogP contribution < -0.4 is 0 Å². The molecule has 1 fully saturated rings. The van der Waals surface area contributed by atoms with Gasteiger partial charge in [-0.3, -0.25) is 4.79 Å². The van der Waals surface area contributed by atoms with Crippen LogP contribution in [0, 0.1) is 5.92 Å². The lowest BCUT2D eigenvalue weighted by atomic mass is 9.98. The number of hydrogen-bond acceptors (Lipinski definition) is 3. The number of carbonyl (C=O) groups is 1. The number of amides is 1. The van der Waals surface area contributed by atoms with Crippen molar-refractivity contribution < 1.29 is 4.79 Å². The number of benzene rings is 2. The van der Waals surface area contributed by atoms with E-state index in [1.54, 1.807) is 4.68 Å². The van der Waals surface area contributed by atoms with Crippen molar-refractivity contribution in [3.8, 4) is 16.9 Å². The molecule has 1 amide bonds. The zero-order valence-electron chi connectivity index (χ0n) is 14.9. The van der Waals surface area contributed by atoms with Gasteiger partial charge in [-0.05, 0) is 30.9 Å². The predicted octanol–water partition coefficient (Wildman–Crippen LogP) is 3.81. The quantitative estimate of drug-likeness (QED) is 0.725. The maximum absolute atomic E-state index is 13.2. The maximum Gasteiger partial charge on any atom is 0.276 e. The minimum absolute atomic E-state index is 0.0297. The minimum Gasteiger partial charge on any atom is -0.337 e. The second-order valence-electron chi connectivity index (χ2n) is 6.87. The first-order valence-corrected chi connectivity index (χ1v) is 9.10. The molecule has 0 aliphatic carbocycles. The van der Waals surface area contributed by atoms with Gasteiger partial charge in [0.25, 0.3) is 5.91 Å². The third-order valence-corrected chi connectivity index (χ3v) is 4.99.